The van der Waals surface area contributed by atoms with Crippen molar-refractivity contribution in [3.05, 3.63) is 41.0 Å². The van der Waals surface area contributed by atoms with E-state index >= 15 is 0 Å². The minimum Gasteiger partial charge on any atom is -0.378 e. The van der Waals surface area contributed by atoms with Crippen LogP contribution in [0.15, 0.2) is 40.5 Å². The maximum absolute atomic E-state index is 13.1. The Kier molecular flexibility index (Phi) is 3.95. The largest absolute Gasteiger partial charge is 0.378 e. The van der Waals surface area contributed by atoms with Crippen molar-refractivity contribution in [2.75, 3.05) is 19.0 Å². The fraction of sp³-hybridized carbons (Fsp3) is 0.524. The van der Waals surface area contributed by atoms with Crippen LogP contribution in [0.4, 0.5) is 5.69 Å². The molecule has 2 N–H and O–H groups in total. The second kappa shape index (κ2) is 5.95. The van der Waals surface area contributed by atoms with E-state index in [1.54, 1.807) is 0 Å². The molecule has 2 aliphatic heterocycles. The fourth-order valence-corrected chi connectivity index (χ4v) is 4.64. The van der Waals surface area contributed by atoms with Gasteiger partial charge >= 0.3 is 0 Å². The van der Waals surface area contributed by atoms with Crippen molar-refractivity contribution < 1.29 is 4.79 Å². The Bertz CT molecular complexity index is 804. The Morgan fingerprint density at radius 1 is 1.15 bits per heavy atom. The molecule has 5 nitrogen and oxygen atoms in total. The molecule has 0 spiro atoms. The van der Waals surface area contributed by atoms with Crippen molar-refractivity contribution in [3.63, 3.8) is 0 Å². The first-order valence-corrected chi connectivity index (χ1v) is 9.36. The van der Waals surface area contributed by atoms with E-state index in [2.05, 4.69) is 65.8 Å². The van der Waals surface area contributed by atoms with Crippen LogP contribution in [0.3, 0.4) is 0 Å². The minimum atomic E-state index is -0.0698. The number of carbonyl (C=O) groups is 1. The molecule has 5 heteroatoms. The van der Waals surface area contributed by atoms with E-state index in [0.717, 1.165) is 29.0 Å². The highest BCUT2D eigenvalue weighted by Gasteiger charge is 2.47. The lowest BCUT2D eigenvalue weighted by atomic mass is 9.66. The summed E-state index contributed by atoms with van der Waals surface area (Å²) in [6.45, 7) is 6.45. The van der Waals surface area contributed by atoms with Gasteiger partial charge in [0, 0.05) is 37.5 Å². The zero-order chi connectivity index (χ0) is 18.6. The van der Waals surface area contributed by atoms with E-state index in [1.807, 2.05) is 14.1 Å². The van der Waals surface area contributed by atoms with Crippen molar-refractivity contribution in [3.8, 4) is 0 Å². The van der Waals surface area contributed by atoms with Crippen LogP contribution in [0, 0.1) is 11.3 Å². The van der Waals surface area contributed by atoms with Crippen molar-refractivity contribution in [2.24, 2.45) is 16.4 Å². The molecule has 3 atom stereocenters. The summed E-state index contributed by atoms with van der Waals surface area (Å²) < 4.78 is 0. The second-order valence-electron chi connectivity index (χ2n) is 8.80. The number of fused-ring (bicyclic) bond motifs is 2. The molecule has 1 aliphatic carbocycles. The van der Waals surface area contributed by atoms with Gasteiger partial charge in [-0.3, -0.25) is 15.5 Å². The number of Topliss-reactive ketones (excluding diaryl/α,β-unsaturated/α-hetero) is 1. The van der Waals surface area contributed by atoms with E-state index < -0.39 is 0 Å². The zero-order valence-electron chi connectivity index (χ0n) is 16.3. The van der Waals surface area contributed by atoms with E-state index in [0.29, 0.717) is 6.42 Å². The molecule has 0 saturated heterocycles. The lowest BCUT2D eigenvalue weighted by Gasteiger charge is -2.43. The number of hydrazone groups is 1. The number of hydrogen-bond acceptors (Lipinski definition) is 5. The van der Waals surface area contributed by atoms with Gasteiger partial charge in [0.25, 0.3) is 0 Å². The van der Waals surface area contributed by atoms with Gasteiger partial charge in [-0.1, -0.05) is 26.0 Å². The number of nitrogens with one attached hydrogen (secondary N) is 2. The molecule has 0 radical (unpaired) electrons. The predicted octanol–water partition coefficient (Wildman–Crippen LogP) is 3.00. The summed E-state index contributed by atoms with van der Waals surface area (Å²) >= 11 is 0. The summed E-state index contributed by atoms with van der Waals surface area (Å²) in [4.78, 5) is 15.2. The summed E-state index contributed by atoms with van der Waals surface area (Å²) in [6, 6.07) is 8.43. The Hall–Kier alpha value is -2.14. The lowest BCUT2D eigenvalue weighted by molar-refractivity contribution is -0.118. The number of hydrogen-bond donors (Lipinski definition) is 2. The summed E-state index contributed by atoms with van der Waals surface area (Å²) in [5.74, 6) is 0.467. The van der Waals surface area contributed by atoms with Crippen molar-refractivity contribution >= 4 is 17.2 Å². The number of benzene rings is 1. The highest BCUT2D eigenvalue weighted by atomic mass is 16.1. The maximum atomic E-state index is 13.1. The number of carbonyl (C=O) groups excluding carboxylic acids is 1. The molecule has 1 aromatic carbocycles. The monoisotopic (exact) mass is 352 g/mol. The molecule has 0 fully saturated rings. The van der Waals surface area contributed by atoms with Gasteiger partial charge in [0.1, 0.15) is 6.17 Å². The summed E-state index contributed by atoms with van der Waals surface area (Å²) in [6.07, 6.45) is 1.63. The molecule has 0 unspecified atom stereocenters. The molecule has 0 saturated carbocycles. The van der Waals surface area contributed by atoms with Crippen LogP contribution >= 0.6 is 0 Å². The van der Waals surface area contributed by atoms with E-state index in [9.17, 15) is 4.79 Å². The van der Waals surface area contributed by atoms with Gasteiger partial charge in [0.05, 0.1) is 12.0 Å². The maximum Gasteiger partial charge on any atom is 0.161 e. The van der Waals surface area contributed by atoms with E-state index in [4.69, 9.17) is 0 Å². The smallest absolute Gasteiger partial charge is 0.161 e. The third-order valence-corrected chi connectivity index (χ3v) is 5.87. The summed E-state index contributed by atoms with van der Waals surface area (Å²) in [7, 11) is 4.07. The van der Waals surface area contributed by atoms with Crippen LogP contribution in [-0.4, -0.2) is 31.8 Å². The molecule has 2 heterocycles. The number of ketones is 1. The van der Waals surface area contributed by atoms with Crippen LogP contribution in [-0.2, 0) is 4.79 Å². The van der Waals surface area contributed by atoms with Gasteiger partial charge in [-0.2, -0.15) is 5.10 Å². The third-order valence-electron chi connectivity index (χ3n) is 5.87. The summed E-state index contributed by atoms with van der Waals surface area (Å²) in [5, 5.41) is 8.11. The Balaban J connectivity index is 1.79. The molecular weight excluding hydrogens is 324 g/mol. The Morgan fingerprint density at radius 3 is 2.50 bits per heavy atom. The SMILES string of the molecule is CC1=NN[C@@H]2N[C@@H](c3ccc(N(C)C)cc3)C3=C(CC(C)(C)CC3=O)[C@H]12. The Labute approximate surface area is 155 Å². The van der Waals surface area contributed by atoms with Crippen molar-refractivity contribution in [1.82, 2.24) is 10.7 Å². The Morgan fingerprint density at radius 2 is 1.85 bits per heavy atom. The first-order valence-electron chi connectivity index (χ1n) is 9.36. The van der Waals surface area contributed by atoms with Gasteiger partial charge in [0.15, 0.2) is 5.78 Å². The van der Waals surface area contributed by atoms with Crippen LogP contribution < -0.4 is 15.6 Å². The van der Waals surface area contributed by atoms with Gasteiger partial charge < -0.3 is 4.90 Å². The van der Waals surface area contributed by atoms with Gasteiger partial charge in [-0.15, -0.1) is 0 Å². The molecule has 26 heavy (non-hydrogen) atoms. The molecule has 0 amide bonds. The molecule has 3 aliphatic rings. The van der Waals surface area contributed by atoms with E-state index in [1.165, 1.54) is 5.57 Å². The van der Waals surface area contributed by atoms with Crippen LogP contribution in [0.2, 0.25) is 0 Å². The number of nitrogens with zero attached hydrogens (tertiary/aromatic N) is 2. The average molecular weight is 352 g/mol. The van der Waals surface area contributed by atoms with Crippen molar-refractivity contribution in [1.29, 1.82) is 0 Å². The van der Waals surface area contributed by atoms with Gasteiger partial charge in [-0.25, -0.2) is 0 Å². The summed E-state index contributed by atoms with van der Waals surface area (Å²) in [5.41, 5.74) is 8.87. The van der Waals surface area contributed by atoms with E-state index in [-0.39, 0.29) is 29.3 Å². The quantitative estimate of drug-likeness (QED) is 0.859. The first kappa shape index (κ1) is 17.3. The molecule has 0 aromatic heterocycles. The minimum absolute atomic E-state index is 0.0139. The van der Waals surface area contributed by atoms with Crippen LogP contribution in [0.1, 0.15) is 45.2 Å². The van der Waals surface area contributed by atoms with Crippen molar-refractivity contribution in [2.45, 2.75) is 45.8 Å². The molecule has 138 valence electrons. The highest BCUT2D eigenvalue weighted by molar-refractivity contribution is 6.01. The van der Waals surface area contributed by atoms with Crippen LogP contribution in [0.5, 0.6) is 0 Å². The third kappa shape index (κ3) is 2.75. The fourth-order valence-electron chi connectivity index (χ4n) is 4.64. The average Bonchev–Trinajstić information content (AvgIpc) is 2.94. The predicted molar refractivity (Wildman–Crippen MR) is 105 cm³/mol. The second-order valence-corrected chi connectivity index (χ2v) is 8.80. The molecule has 1 aromatic rings. The molecule has 4 rings (SSSR count). The number of anilines is 1. The number of rotatable bonds is 2. The topological polar surface area (TPSA) is 56.7 Å². The molecule has 0 bridgehead atoms. The molecular formula is C21H28N4O. The standard InChI is InChI=1S/C21H28N4O/c1-12-17-15-10-21(2,3)11-16(26)18(15)19(22-20(17)24-23-12)13-6-8-14(9-7-13)25(4)5/h6-9,17,19-20,22,24H,10-11H2,1-5H3/t17-,19-,20-/m0/s1. The highest BCUT2D eigenvalue weighted by Crippen LogP contribution is 2.47. The normalized spacial score (nSPS) is 29.7. The lowest BCUT2D eigenvalue weighted by Crippen LogP contribution is -2.52. The zero-order valence-corrected chi connectivity index (χ0v) is 16.3. The van der Waals surface area contributed by atoms with Gasteiger partial charge in [0.2, 0.25) is 0 Å². The van der Waals surface area contributed by atoms with Gasteiger partial charge in [-0.05, 0) is 42.0 Å². The van der Waals surface area contributed by atoms with Crippen LogP contribution in [0.25, 0.3) is 0 Å². The first-order chi connectivity index (χ1) is 12.3.